The van der Waals surface area contributed by atoms with Gasteiger partial charge in [-0.05, 0) is 6.42 Å². The molecule has 8 heteroatoms. The highest BCUT2D eigenvalue weighted by atomic mass is 35.5. The Bertz CT molecular complexity index is 499. The van der Waals surface area contributed by atoms with Gasteiger partial charge in [-0.3, -0.25) is 0 Å². The first-order valence-electron chi connectivity index (χ1n) is 5.45. The van der Waals surface area contributed by atoms with E-state index in [4.69, 9.17) is 11.6 Å². The summed E-state index contributed by atoms with van der Waals surface area (Å²) in [4.78, 5) is 0. The summed E-state index contributed by atoms with van der Waals surface area (Å²) in [6.45, 7) is 1.13. The number of halogens is 1. The minimum Gasteiger partial charge on any atom is -0.314 e. The largest absolute Gasteiger partial charge is 0.314 e. The van der Waals surface area contributed by atoms with Crippen LogP contribution in [0.3, 0.4) is 0 Å². The molecule has 1 aliphatic heterocycles. The van der Waals surface area contributed by atoms with E-state index in [1.54, 1.807) is 7.05 Å². The maximum Gasteiger partial charge on any atom is 0.215 e. The maximum absolute atomic E-state index is 11.7. The van der Waals surface area contributed by atoms with Gasteiger partial charge >= 0.3 is 0 Å². The molecule has 2 heterocycles. The second-order valence-electron chi connectivity index (χ2n) is 4.05. The molecule has 0 unspecified atom stereocenters. The summed E-state index contributed by atoms with van der Waals surface area (Å²) in [5.74, 6) is 1.71. The fourth-order valence-corrected chi connectivity index (χ4v) is 3.28. The van der Waals surface area contributed by atoms with Crippen molar-refractivity contribution in [2.75, 3.05) is 18.7 Å². The van der Waals surface area contributed by atoms with Crippen LogP contribution in [-0.4, -0.2) is 46.2 Å². The van der Waals surface area contributed by atoms with Gasteiger partial charge in [-0.1, -0.05) is 0 Å². The first-order valence-corrected chi connectivity index (χ1v) is 7.60. The lowest BCUT2D eigenvalue weighted by atomic mass is 10.4. The Labute approximate surface area is 106 Å². The number of sulfonamides is 1. The zero-order valence-corrected chi connectivity index (χ0v) is 11.2. The summed E-state index contributed by atoms with van der Waals surface area (Å²) in [6.07, 6.45) is 1.97. The molecule has 6 nitrogen and oxygen atoms in total. The van der Waals surface area contributed by atoms with Gasteiger partial charge in [-0.25, -0.2) is 8.42 Å². The summed E-state index contributed by atoms with van der Waals surface area (Å²) in [6, 6.07) is 0. The second kappa shape index (κ2) is 4.91. The lowest BCUT2D eigenvalue weighted by Crippen LogP contribution is -2.30. The molecule has 0 atom stereocenters. The Hall–Kier alpha value is -0.660. The Morgan fingerprint density at radius 3 is 2.94 bits per heavy atom. The zero-order chi connectivity index (χ0) is 12.5. The van der Waals surface area contributed by atoms with Crippen molar-refractivity contribution in [3.63, 3.8) is 0 Å². The smallest absolute Gasteiger partial charge is 0.215 e. The number of aryl methyl sites for hydroxylation is 1. The Balaban J connectivity index is 2.11. The van der Waals surface area contributed by atoms with Gasteiger partial charge in [0.2, 0.25) is 10.0 Å². The standard InChI is InChI=1S/C9H15ClN4O2S/c1-13(17(15,16)6-4-10)7-9-12-11-8-3-2-5-14(8)9/h2-7H2,1H3. The topological polar surface area (TPSA) is 68.1 Å². The fourth-order valence-electron chi connectivity index (χ4n) is 1.88. The number of fused-ring (bicyclic) bond motifs is 1. The van der Waals surface area contributed by atoms with Crippen LogP contribution in [0.1, 0.15) is 18.1 Å². The molecule has 1 aromatic heterocycles. The first kappa shape index (κ1) is 12.8. The van der Waals surface area contributed by atoms with Crippen molar-refractivity contribution in [2.24, 2.45) is 0 Å². The minimum absolute atomic E-state index is 0.0496. The molecule has 2 rings (SSSR count). The molecule has 0 aromatic carbocycles. The molecule has 0 bridgehead atoms. The van der Waals surface area contributed by atoms with E-state index in [0.717, 1.165) is 25.2 Å². The minimum atomic E-state index is -3.28. The van der Waals surface area contributed by atoms with Crippen LogP contribution in [0.2, 0.25) is 0 Å². The van der Waals surface area contributed by atoms with Crippen molar-refractivity contribution in [1.29, 1.82) is 0 Å². The van der Waals surface area contributed by atoms with Crippen LogP contribution >= 0.6 is 11.6 Å². The molecule has 0 aliphatic carbocycles. The second-order valence-corrected chi connectivity index (χ2v) is 6.62. The van der Waals surface area contributed by atoms with Gasteiger partial charge < -0.3 is 4.57 Å². The van der Waals surface area contributed by atoms with E-state index in [9.17, 15) is 8.42 Å². The lowest BCUT2D eigenvalue weighted by Gasteiger charge is -2.15. The third kappa shape index (κ3) is 2.61. The van der Waals surface area contributed by atoms with Gasteiger partial charge in [-0.15, -0.1) is 21.8 Å². The van der Waals surface area contributed by atoms with E-state index < -0.39 is 10.0 Å². The molecule has 1 aliphatic rings. The number of nitrogens with zero attached hydrogens (tertiary/aromatic N) is 4. The predicted molar refractivity (Wildman–Crippen MR) is 64.3 cm³/mol. The third-order valence-corrected chi connectivity index (χ3v) is 5.07. The molecular formula is C9H15ClN4O2S. The van der Waals surface area contributed by atoms with Gasteiger partial charge in [0.1, 0.15) is 11.6 Å². The average Bonchev–Trinajstić information content (AvgIpc) is 2.82. The number of aromatic nitrogens is 3. The van der Waals surface area contributed by atoms with E-state index in [1.165, 1.54) is 4.31 Å². The summed E-state index contributed by atoms with van der Waals surface area (Å²) in [5.41, 5.74) is 0. The summed E-state index contributed by atoms with van der Waals surface area (Å²) in [5, 5.41) is 8.07. The lowest BCUT2D eigenvalue weighted by molar-refractivity contribution is 0.448. The van der Waals surface area contributed by atoms with Crippen LogP contribution in [0.25, 0.3) is 0 Å². The van der Waals surface area contributed by atoms with E-state index in [1.807, 2.05) is 4.57 Å². The quantitative estimate of drug-likeness (QED) is 0.723. The van der Waals surface area contributed by atoms with Crippen LogP contribution in [-0.2, 0) is 29.5 Å². The fraction of sp³-hybridized carbons (Fsp3) is 0.778. The van der Waals surface area contributed by atoms with Crippen molar-refractivity contribution < 1.29 is 8.42 Å². The Morgan fingerprint density at radius 1 is 1.47 bits per heavy atom. The molecule has 0 fully saturated rings. The van der Waals surface area contributed by atoms with Gasteiger partial charge in [0.15, 0.2) is 0 Å². The predicted octanol–water partition coefficient (Wildman–Crippen LogP) is 0.225. The third-order valence-electron chi connectivity index (χ3n) is 2.86. The van der Waals surface area contributed by atoms with Crippen LogP contribution in [0.5, 0.6) is 0 Å². The first-order chi connectivity index (χ1) is 8.04. The van der Waals surface area contributed by atoms with Crippen molar-refractivity contribution in [2.45, 2.75) is 25.9 Å². The molecular weight excluding hydrogens is 264 g/mol. The number of hydrogen-bond donors (Lipinski definition) is 0. The molecule has 0 radical (unpaired) electrons. The highest BCUT2D eigenvalue weighted by Crippen LogP contribution is 2.15. The SMILES string of the molecule is CN(Cc1nnc2n1CCC2)S(=O)(=O)CCCl. The van der Waals surface area contributed by atoms with Gasteiger partial charge in [0, 0.05) is 25.9 Å². The molecule has 0 amide bonds. The highest BCUT2D eigenvalue weighted by Gasteiger charge is 2.22. The normalized spacial score (nSPS) is 15.5. The number of rotatable bonds is 5. The molecule has 0 saturated carbocycles. The molecule has 96 valence electrons. The van der Waals surface area contributed by atoms with E-state index in [-0.39, 0.29) is 18.2 Å². The van der Waals surface area contributed by atoms with E-state index in [2.05, 4.69) is 10.2 Å². The summed E-state index contributed by atoms with van der Waals surface area (Å²) in [7, 11) is -1.74. The maximum atomic E-state index is 11.7. The van der Waals surface area contributed by atoms with Gasteiger partial charge in [0.25, 0.3) is 0 Å². The molecule has 0 spiro atoms. The van der Waals surface area contributed by atoms with Crippen molar-refractivity contribution in [3.05, 3.63) is 11.6 Å². The van der Waals surface area contributed by atoms with Crippen LogP contribution in [0, 0.1) is 0 Å². The Morgan fingerprint density at radius 2 is 2.24 bits per heavy atom. The van der Waals surface area contributed by atoms with Crippen molar-refractivity contribution >= 4 is 21.6 Å². The summed E-state index contributed by atoms with van der Waals surface area (Å²) >= 11 is 5.47. The van der Waals surface area contributed by atoms with Crippen LogP contribution in [0.4, 0.5) is 0 Å². The van der Waals surface area contributed by atoms with Gasteiger partial charge in [-0.2, -0.15) is 4.31 Å². The monoisotopic (exact) mass is 278 g/mol. The van der Waals surface area contributed by atoms with Crippen LogP contribution in [0.15, 0.2) is 0 Å². The van der Waals surface area contributed by atoms with Crippen LogP contribution < -0.4 is 0 Å². The molecule has 17 heavy (non-hydrogen) atoms. The zero-order valence-electron chi connectivity index (χ0n) is 9.63. The highest BCUT2D eigenvalue weighted by molar-refractivity contribution is 7.89. The van der Waals surface area contributed by atoms with Crippen molar-refractivity contribution in [3.8, 4) is 0 Å². The summed E-state index contributed by atoms with van der Waals surface area (Å²) < 4.78 is 26.8. The molecule has 0 N–H and O–H groups in total. The average molecular weight is 279 g/mol. The van der Waals surface area contributed by atoms with Gasteiger partial charge in [0.05, 0.1) is 12.3 Å². The number of hydrogen-bond acceptors (Lipinski definition) is 4. The molecule has 1 aromatic rings. The van der Waals surface area contributed by atoms with Crippen molar-refractivity contribution in [1.82, 2.24) is 19.1 Å². The Kier molecular flexibility index (Phi) is 3.70. The number of alkyl halides is 1. The molecule has 0 saturated heterocycles. The van der Waals surface area contributed by atoms with E-state index >= 15 is 0 Å². The van der Waals surface area contributed by atoms with E-state index in [0.29, 0.717) is 5.82 Å².